The molecule has 124 valence electrons. The van der Waals surface area contributed by atoms with Crippen molar-refractivity contribution in [3.8, 4) is 0 Å². The lowest BCUT2D eigenvalue weighted by atomic mass is 10.1. The maximum atomic E-state index is 12.3. The number of aromatic nitrogens is 2. The van der Waals surface area contributed by atoms with Gasteiger partial charge >= 0.3 is 0 Å². The molecule has 7 heteroatoms. The Balaban J connectivity index is 1.70. The van der Waals surface area contributed by atoms with Crippen LogP contribution in [0.5, 0.6) is 0 Å². The molecule has 0 fully saturated rings. The molecule has 2 aromatic heterocycles. The van der Waals surface area contributed by atoms with Crippen LogP contribution >= 0.6 is 11.6 Å². The van der Waals surface area contributed by atoms with Gasteiger partial charge in [-0.25, -0.2) is 18.1 Å². The highest BCUT2D eigenvalue weighted by molar-refractivity contribution is 7.89. The fraction of sp³-hybridized carbons (Fsp3) is 0.176. The molecule has 0 aliphatic heterocycles. The van der Waals surface area contributed by atoms with Gasteiger partial charge in [0, 0.05) is 24.3 Å². The molecule has 2 heterocycles. The molecule has 0 unspecified atom stereocenters. The van der Waals surface area contributed by atoms with E-state index in [-0.39, 0.29) is 11.6 Å². The van der Waals surface area contributed by atoms with Crippen molar-refractivity contribution in [2.75, 3.05) is 6.54 Å². The number of rotatable bonds is 5. The molecule has 0 amide bonds. The summed E-state index contributed by atoms with van der Waals surface area (Å²) in [5, 5.41) is 1.45. The summed E-state index contributed by atoms with van der Waals surface area (Å²) in [6.45, 7) is 1.94. The van der Waals surface area contributed by atoms with E-state index in [4.69, 9.17) is 11.6 Å². The maximum Gasteiger partial charge on any atom is 0.258 e. The van der Waals surface area contributed by atoms with Crippen LogP contribution in [-0.2, 0) is 16.4 Å². The number of nitrogens with one attached hydrogen (secondary N) is 1. The van der Waals surface area contributed by atoms with E-state index in [1.165, 1.54) is 6.20 Å². The van der Waals surface area contributed by atoms with Crippen molar-refractivity contribution in [2.45, 2.75) is 18.4 Å². The fourth-order valence-corrected chi connectivity index (χ4v) is 3.85. The molecule has 1 N–H and O–H groups in total. The predicted molar refractivity (Wildman–Crippen MR) is 94.6 cm³/mol. The smallest absolute Gasteiger partial charge is 0.256 e. The number of halogens is 1. The van der Waals surface area contributed by atoms with Crippen molar-refractivity contribution in [2.24, 2.45) is 0 Å². The topological polar surface area (TPSA) is 72.0 Å². The highest BCUT2D eigenvalue weighted by atomic mass is 35.5. The minimum atomic E-state index is -3.66. The number of benzene rings is 1. The third kappa shape index (κ3) is 3.72. The van der Waals surface area contributed by atoms with Crippen LogP contribution in [0.15, 0.2) is 53.8 Å². The minimum absolute atomic E-state index is 0.00327. The van der Waals surface area contributed by atoms with Gasteiger partial charge in [-0.05, 0) is 42.7 Å². The highest BCUT2D eigenvalue weighted by Crippen LogP contribution is 2.17. The quantitative estimate of drug-likeness (QED) is 0.757. The molecule has 0 bridgehead atoms. The molecule has 0 saturated carbocycles. The van der Waals surface area contributed by atoms with Crippen LogP contribution in [0.25, 0.3) is 10.9 Å². The molecule has 5 nitrogen and oxygen atoms in total. The van der Waals surface area contributed by atoms with Crippen LogP contribution in [0.1, 0.15) is 11.1 Å². The summed E-state index contributed by atoms with van der Waals surface area (Å²) in [5.41, 5.74) is 2.40. The Morgan fingerprint density at radius 3 is 2.71 bits per heavy atom. The van der Waals surface area contributed by atoms with Gasteiger partial charge in [-0.3, -0.25) is 4.98 Å². The van der Waals surface area contributed by atoms with Crippen molar-refractivity contribution >= 4 is 32.5 Å². The van der Waals surface area contributed by atoms with E-state index in [1.807, 2.05) is 30.3 Å². The molecule has 0 atom stereocenters. The summed E-state index contributed by atoms with van der Waals surface area (Å²) >= 11 is 5.81. The Bertz CT molecular complexity index is 990. The van der Waals surface area contributed by atoms with Gasteiger partial charge in [0.15, 0.2) is 5.03 Å². The summed E-state index contributed by atoms with van der Waals surface area (Å²) in [6.07, 6.45) is 3.64. The Labute approximate surface area is 145 Å². The number of para-hydroxylation sites is 1. The normalized spacial score (nSPS) is 11.8. The zero-order valence-electron chi connectivity index (χ0n) is 13.0. The number of aryl methyl sites for hydroxylation is 1. The van der Waals surface area contributed by atoms with Crippen molar-refractivity contribution < 1.29 is 8.42 Å². The molecule has 0 aliphatic carbocycles. The first-order valence-corrected chi connectivity index (χ1v) is 9.27. The van der Waals surface area contributed by atoms with E-state index in [1.54, 1.807) is 19.2 Å². The lowest BCUT2D eigenvalue weighted by Crippen LogP contribution is -2.27. The Morgan fingerprint density at radius 2 is 1.92 bits per heavy atom. The van der Waals surface area contributed by atoms with Gasteiger partial charge in [-0.15, -0.1) is 0 Å². The van der Waals surface area contributed by atoms with E-state index < -0.39 is 10.0 Å². The second-order valence-corrected chi connectivity index (χ2v) is 7.58. The summed E-state index contributed by atoms with van der Waals surface area (Å²) in [6, 6.07) is 11.4. The van der Waals surface area contributed by atoms with Crippen LogP contribution in [0.4, 0.5) is 0 Å². The van der Waals surface area contributed by atoms with Gasteiger partial charge in [0.1, 0.15) is 0 Å². The Morgan fingerprint density at radius 1 is 1.12 bits per heavy atom. The lowest BCUT2D eigenvalue weighted by Gasteiger charge is -2.09. The highest BCUT2D eigenvalue weighted by Gasteiger charge is 2.18. The van der Waals surface area contributed by atoms with E-state index in [0.29, 0.717) is 17.0 Å². The predicted octanol–water partition coefficient (Wildman–Crippen LogP) is 3.11. The Kier molecular flexibility index (Phi) is 4.80. The van der Waals surface area contributed by atoms with E-state index >= 15 is 0 Å². The number of hydrogen-bond donors (Lipinski definition) is 1. The van der Waals surface area contributed by atoms with Crippen molar-refractivity contribution in [3.63, 3.8) is 0 Å². The zero-order valence-corrected chi connectivity index (χ0v) is 14.6. The van der Waals surface area contributed by atoms with Gasteiger partial charge in [0.2, 0.25) is 0 Å². The molecule has 0 radical (unpaired) electrons. The SMILES string of the molecule is Cc1cc(Cl)cnc1S(=O)(=O)NCCc1cnc2ccccc2c1. The number of fused-ring (bicyclic) bond motifs is 1. The summed E-state index contributed by atoms with van der Waals surface area (Å²) in [5.74, 6) is 0. The first-order valence-electron chi connectivity index (χ1n) is 7.41. The monoisotopic (exact) mass is 361 g/mol. The van der Waals surface area contributed by atoms with Gasteiger partial charge in [0.25, 0.3) is 10.0 Å². The van der Waals surface area contributed by atoms with Crippen molar-refractivity contribution in [1.82, 2.24) is 14.7 Å². The second kappa shape index (κ2) is 6.84. The zero-order chi connectivity index (χ0) is 17.2. The molecule has 3 aromatic rings. The molecule has 1 aromatic carbocycles. The summed E-state index contributed by atoms with van der Waals surface area (Å²) < 4.78 is 27.2. The molecule has 3 rings (SSSR count). The van der Waals surface area contributed by atoms with Crippen LogP contribution in [0, 0.1) is 6.92 Å². The fourth-order valence-electron chi connectivity index (χ4n) is 2.46. The largest absolute Gasteiger partial charge is 0.258 e. The standard InChI is InChI=1S/C17H16ClN3O2S/c1-12-8-15(18)11-20-17(12)24(22,23)21-7-6-13-9-14-4-2-3-5-16(14)19-10-13/h2-5,8-11,21H,6-7H2,1H3. The van der Waals surface area contributed by atoms with Gasteiger partial charge < -0.3 is 0 Å². The number of sulfonamides is 1. The molecular weight excluding hydrogens is 346 g/mol. The lowest BCUT2D eigenvalue weighted by molar-refractivity contribution is 0.577. The van der Waals surface area contributed by atoms with Crippen LogP contribution < -0.4 is 4.72 Å². The Hall–Kier alpha value is -2.02. The molecule has 24 heavy (non-hydrogen) atoms. The average Bonchev–Trinajstić information content (AvgIpc) is 2.54. The van der Waals surface area contributed by atoms with Gasteiger partial charge in [0.05, 0.1) is 10.5 Å². The van der Waals surface area contributed by atoms with Crippen LogP contribution in [0.3, 0.4) is 0 Å². The number of pyridine rings is 2. The average molecular weight is 362 g/mol. The number of hydrogen-bond acceptors (Lipinski definition) is 4. The van der Waals surface area contributed by atoms with Crippen molar-refractivity contribution in [3.05, 3.63) is 64.9 Å². The van der Waals surface area contributed by atoms with E-state index in [0.717, 1.165) is 16.5 Å². The molecule has 0 aliphatic rings. The van der Waals surface area contributed by atoms with Crippen LogP contribution in [-0.4, -0.2) is 24.9 Å². The van der Waals surface area contributed by atoms with E-state index in [9.17, 15) is 8.42 Å². The van der Waals surface area contributed by atoms with Gasteiger partial charge in [-0.2, -0.15) is 0 Å². The summed E-state index contributed by atoms with van der Waals surface area (Å²) in [4.78, 5) is 8.30. The molecular formula is C17H16ClN3O2S. The first-order chi connectivity index (χ1) is 11.5. The maximum absolute atomic E-state index is 12.3. The first kappa shape index (κ1) is 16.8. The third-order valence-corrected chi connectivity index (χ3v) is 5.33. The van der Waals surface area contributed by atoms with Crippen molar-refractivity contribution in [1.29, 1.82) is 0 Å². The minimum Gasteiger partial charge on any atom is -0.256 e. The van der Waals surface area contributed by atoms with E-state index in [2.05, 4.69) is 14.7 Å². The van der Waals surface area contributed by atoms with Gasteiger partial charge in [-0.1, -0.05) is 29.8 Å². The second-order valence-electron chi connectivity index (χ2n) is 5.46. The summed E-state index contributed by atoms with van der Waals surface area (Å²) in [7, 11) is -3.66. The molecule has 0 spiro atoms. The van der Waals surface area contributed by atoms with Crippen LogP contribution in [0.2, 0.25) is 5.02 Å². The number of nitrogens with zero attached hydrogens (tertiary/aromatic N) is 2. The third-order valence-electron chi connectivity index (χ3n) is 3.60. The molecule has 0 saturated heterocycles.